The van der Waals surface area contributed by atoms with Crippen LogP contribution in [0.2, 0.25) is 0 Å². The van der Waals surface area contributed by atoms with Gasteiger partial charge in [-0.2, -0.15) is 11.8 Å². The summed E-state index contributed by atoms with van der Waals surface area (Å²) in [6.07, 6.45) is 4.38. The molecule has 90 valence electrons. The van der Waals surface area contributed by atoms with E-state index in [0.717, 1.165) is 19.6 Å². The maximum absolute atomic E-state index is 6.25. The predicted octanol–water partition coefficient (Wildman–Crippen LogP) is 1.18. The molecule has 1 fully saturated rings. The number of thioether (sulfide) groups is 1. The SMILES string of the molecule is CSCCC(C)N(C)CC1(N)CCOC1. The first-order valence-electron chi connectivity index (χ1n) is 5.63. The van der Waals surface area contributed by atoms with Gasteiger partial charge in [0.2, 0.25) is 0 Å². The van der Waals surface area contributed by atoms with Crippen LogP contribution < -0.4 is 5.73 Å². The summed E-state index contributed by atoms with van der Waals surface area (Å²) in [6.45, 7) is 4.76. The Hall–Kier alpha value is 0.230. The topological polar surface area (TPSA) is 38.5 Å². The Morgan fingerprint density at radius 2 is 2.33 bits per heavy atom. The summed E-state index contributed by atoms with van der Waals surface area (Å²) in [5.41, 5.74) is 6.15. The second-order valence-electron chi connectivity index (χ2n) is 4.71. The molecule has 1 aliphatic rings. The van der Waals surface area contributed by atoms with Gasteiger partial charge in [0, 0.05) is 19.2 Å². The molecule has 15 heavy (non-hydrogen) atoms. The zero-order valence-corrected chi connectivity index (χ0v) is 11.0. The number of hydrogen-bond acceptors (Lipinski definition) is 4. The standard InChI is InChI=1S/C11H24N2OS/c1-10(4-7-15-3)13(2)8-11(12)5-6-14-9-11/h10H,4-9,12H2,1-3H3. The van der Waals surface area contributed by atoms with Gasteiger partial charge >= 0.3 is 0 Å². The Balaban J connectivity index is 2.30. The minimum Gasteiger partial charge on any atom is -0.379 e. The highest BCUT2D eigenvalue weighted by molar-refractivity contribution is 7.98. The molecule has 0 amide bonds. The number of rotatable bonds is 6. The van der Waals surface area contributed by atoms with Crippen molar-refractivity contribution >= 4 is 11.8 Å². The largest absolute Gasteiger partial charge is 0.379 e. The molecule has 0 aliphatic carbocycles. The number of nitrogens with two attached hydrogens (primary N) is 1. The number of ether oxygens (including phenoxy) is 1. The van der Waals surface area contributed by atoms with Crippen LogP contribution in [0.1, 0.15) is 19.8 Å². The molecule has 0 aromatic heterocycles. The van der Waals surface area contributed by atoms with Gasteiger partial charge in [-0.15, -0.1) is 0 Å². The third-order valence-electron chi connectivity index (χ3n) is 3.19. The lowest BCUT2D eigenvalue weighted by molar-refractivity contribution is 0.148. The highest BCUT2D eigenvalue weighted by Crippen LogP contribution is 2.18. The van der Waals surface area contributed by atoms with Crippen molar-refractivity contribution in [1.29, 1.82) is 0 Å². The zero-order chi connectivity index (χ0) is 11.3. The van der Waals surface area contributed by atoms with Crippen LogP contribution in [-0.4, -0.2) is 55.3 Å². The second-order valence-corrected chi connectivity index (χ2v) is 5.70. The van der Waals surface area contributed by atoms with Crippen LogP contribution in [0.3, 0.4) is 0 Å². The van der Waals surface area contributed by atoms with E-state index in [1.54, 1.807) is 0 Å². The summed E-state index contributed by atoms with van der Waals surface area (Å²) in [6, 6.07) is 0.610. The van der Waals surface area contributed by atoms with Crippen molar-refractivity contribution in [3.8, 4) is 0 Å². The van der Waals surface area contributed by atoms with Crippen LogP contribution in [0.25, 0.3) is 0 Å². The molecule has 0 saturated carbocycles. The summed E-state index contributed by atoms with van der Waals surface area (Å²) in [4.78, 5) is 2.37. The van der Waals surface area contributed by atoms with Crippen LogP contribution in [0, 0.1) is 0 Å². The fourth-order valence-electron chi connectivity index (χ4n) is 1.91. The molecule has 2 atom stereocenters. The monoisotopic (exact) mass is 232 g/mol. The van der Waals surface area contributed by atoms with E-state index in [-0.39, 0.29) is 5.54 Å². The zero-order valence-electron chi connectivity index (χ0n) is 10.2. The Labute approximate surface area is 97.7 Å². The number of hydrogen-bond donors (Lipinski definition) is 1. The molecule has 2 N–H and O–H groups in total. The summed E-state index contributed by atoms with van der Waals surface area (Å²) >= 11 is 1.91. The van der Waals surface area contributed by atoms with Gasteiger partial charge in [0.25, 0.3) is 0 Å². The van der Waals surface area contributed by atoms with Crippen molar-refractivity contribution in [3.63, 3.8) is 0 Å². The molecule has 2 unspecified atom stereocenters. The molecule has 1 aliphatic heterocycles. The highest BCUT2D eigenvalue weighted by atomic mass is 32.2. The van der Waals surface area contributed by atoms with Gasteiger partial charge in [-0.1, -0.05) is 0 Å². The van der Waals surface area contributed by atoms with E-state index in [9.17, 15) is 0 Å². The van der Waals surface area contributed by atoms with Crippen molar-refractivity contribution in [3.05, 3.63) is 0 Å². The van der Waals surface area contributed by atoms with Gasteiger partial charge in [0.15, 0.2) is 0 Å². The Morgan fingerprint density at radius 3 is 2.87 bits per heavy atom. The number of nitrogens with zero attached hydrogens (tertiary/aromatic N) is 1. The van der Waals surface area contributed by atoms with Crippen LogP contribution in [0.4, 0.5) is 0 Å². The fraction of sp³-hybridized carbons (Fsp3) is 1.00. The van der Waals surface area contributed by atoms with Crippen molar-refractivity contribution < 1.29 is 4.74 Å². The molecule has 0 spiro atoms. The second kappa shape index (κ2) is 6.09. The first-order valence-corrected chi connectivity index (χ1v) is 7.02. The molecule has 4 heteroatoms. The lowest BCUT2D eigenvalue weighted by atomic mass is 9.99. The van der Waals surface area contributed by atoms with E-state index in [4.69, 9.17) is 10.5 Å². The summed E-state index contributed by atoms with van der Waals surface area (Å²) in [5.74, 6) is 1.22. The average molecular weight is 232 g/mol. The molecule has 3 nitrogen and oxygen atoms in total. The smallest absolute Gasteiger partial charge is 0.0659 e. The quantitative estimate of drug-likeness (QED) is 0.746. The maximum atomic E-state index is 6.25. The van der Waals surface area contributed by atoms with Gasteiger partial charge in [0.1, 0.15) is 0 Å². The molecule has 0 bridgehead atoms. The van der Waals surface area contributed by atoms with Crippen molar-refractivity contribution in [2.24, 2.45) is 5.73 Å². The fourth-order valence-corrected chi connectivity index (χ4v) is 2.49. The normalized spacial score (nSPS) is 28.6. The predicted molar refractivity (Wildman–Crippen MR) is 67.4 cm³/mol. The van der Waals surface area contributed by atoms with E-state index in [0.29, 0.717) is 12.6 Å². The van der Waals surface area contributed by atoms with E-state index in [2.05, 4.69) is 25.1 Å². The van der Waals surface area contributed by atoms with Gasteiger partial charge in [-0.05, 0) is 38.8 Å². The molecular weight excluding hydrogens is 208 g/mol. The minimum absolute atomic E-state index is 0.109. The third-order valence-corrected chi connectivity index (χ3v) is 3.83. The summed E-state index contributed by atoms with van der Waals surface area (Å²) in [5, 5.41) is 0. The Morgan fingerprint density at radius 1 is 1.60 bits per heavy atom. The molecule has 1 saturated heterocycles. The molecule has 1 heterocycles. The van der Waals surface area contributed by atoms with Crippen LogP contribution in [0.5, 0.6) is 0 Å². The Bertz CT molecular complexity index is 183. The van der Waals surface area contributed by atoms with E-state index < -0.39 is 0 Å². The van der Waals surface area contributed by atoms with E-state index in [1.165, 1.54) is 12.2 Å². The van der Waals surface area contributed by atoms with Crippen molar-refractivity contribution in [2.75, 3.05) is 38.8 Å². The Kier molecular flexibility index (Phi) is 5.39. The lowest BCUT2D eigenvalue weighted by Gasteiger charge is -2.32. The van der Waals surface area contributed by atoms with Crippen molar-refractivity contribution in [1.82, 2.24) is 4.90 Å². The van der Waals surface area contributed by atoms with Crippen LogP contribution in [0.15, 0.2) is 0 Å². The van der Waals surface area contributed by atoms with Gasteiger partial charge in [-0.3, -0.25) is 0 Å². The van der Waals surface area contributed by atoms with Gasteiger partial charge < -0.3 is 15.4 Å². The third kappa shape index (κ3) is 4.31. The van der Waals surface area contributed by atoms with Crippen molar-refractivity contribution in [2.45, 2.75) is 31.3 Å². The maximum Gasteiger partial charge on any atom is 0.0659 e. The van der Waals surface area contributed by atoms with E-state index in [1.807, 2.05) is 11.8 Å². The molecule has 0 aromatic carbocycles. The first-order chi connectivity index (χ1) is 7.07. The van der Waals surface area contributed by atoms with Crippen LogP contribution in [-0.2, 0) is 4.74 Å². The van der Waals surface area contributed by atoms with Crippen LogP contribution >= 0.6 is 11.8 Å². The number of likely N-dealkylation sites (N-methyl/N-ethyl adjacent to an activating group) is 1. The molecule has 0 aromatic rings. The highest BCUT2D eigenvalue weighted by Gasteiger charge is 2.32. The summed E-state index contributed by atoms with van der Waals surface area (Å²) in [7, 11) is 2.16. The molecular formula is C11H24N2OS. The molecule has 1 rings (SSSR count). The average Bonchev–Trinajstić information content (AvgIpc) is 2.61. The van der Waals surface area contributed by atoms with Gasteiger partial charge in [0.05, 0.1) is 12.1 Å². The lowest BCUT2D eigenvalue weighted by Crippen LogP contribution is -2.51. The summed E-state index contributed by atoms with van der Waals surface area (Å²) < 4.78 is 5.37. The van der Waals surface area contributed by atoms with Gasteiger partial charge in [-0.25, -0.2) is 0 Å². The first kappa shape index (κ1) is 13.3. The molecule has 0 radical (unpaired) electrons. The van der Waals surface area contributed by atoms with E-state index >= 15 is 0 Å². The minimum atomic E-state index is -0.109.